The van der Waals surface area contributed by atoms with E-state index in [9.17, 15) is 9.18 Å². The maximum absolute atomic E-state index is 13.1. The molecule has 2 heterocycles. The summed E-state index contributed by atoms with van der Waals surface area (Å²) in [5.41, 5.74) is 2.48. The Hall–Kier alpha value is -3.22. The lowest BCUT2D eigenvalue weighted by molar-refractivity contribution is -0.125. The molecule has 1 aliphatic rings. The second-order valence-electron chi connectivity index (χ2n) is 7.82. The van der Waals surface area contributed by atoms with Gasteiger partial charge in [0, 0.05) is 19.6 Å². The number of piperidine rings is 1. The maximum Gasteiger partial charge on any atom is 0.258 e. The molecule has 1 aliphatic heterocycles. The number of ether oxygens (including phenoxy) is 1. The molecule has 0 spiro atoms. The number of anilines is 1. The molecule has 0 unspecified atom stereocenters. The molecule has 2 aromatic carbocycles. The van der Waals surface area contributed by atoms with Crippen molar-refractivity contribution < 1.29 is 13.9 Å². The van der Waals surface area contributed by atoms with E-state index in [1.54, 1.807) is 12.1 Å². The van der Waals surface area contributed by atoms with Gasteiger partial charge in [0.1, 0.15) is 5.82 Å². The Kier molecular flexibility index (Phi) is 6.60. The van der Waals surface area contributed by atoms with Crippen LogP contribution >= 0.6 is 0 Å². The van der Waals surface area contributed by atoms with Crippen LogP contribution in [0.3, 0.4) is 0 Å². The van der Waals surface area contributed by atoms with Gasteiger partial charge in [-0.2, -0.15) is 0 Å². The first kappa shape index (κ1) is 21.0. The summed E-state index contributed by atoms with van der Waals surface area (Å²) in [4.78, 5) is 24.4. The Morgan fingerprint density at radius 2 is 1.90 bits per heavy atom. The fourth-order valence-corrected chi connectivity index (χ4v) is 3.80. The number of rotatable bonds is 7. The summed E-state index contributed by atoms with van der Waals surface area (Å²) in [7, 11) is 0. The van der Waals surface area contributed by atoms with Crippen LogP contribution in [0.1, 0.15) is 31.7 Å². The number of nitrogens with one attached hydrogen (secondary N) is 1. The molecule has 6 nitrogen and oxygen atoms in total. The molecule has 0 radical (unpaired) electrons. The van der Waals surface area contributed by atoms with Crippen LogP contribution in [0.2, 0.25) is 0 Å². The van der Waals surface area contributed by atoms with Crippen LogP contribution in [0, 0.1) is 11.7 Å². The zero-order valence-electron chi connectivity index (χ0n) is 17.7. The molecule has 7 heteroatoms. The zero-order chi connectivity index (χ0) is 21.6. The van der Waals surface area contributed by atoms with Gasteiger partial charge in [0.15, 0.2) is 5.82 Å². The van der Waals surface area contributed by atoms with Crippen molar-refractivity contribution in [3.8, 4) is 5.88 Å². The highest BCUT2D eigenvalue weighted by Gasteiger charge is 2.28. The highest BCUT2D eigenvalue weighted by molar-refractivity contribution is 5.80. The van der Waals surface area contributed by atoms with E-state index in [1.807, 2.05) is 24.3 Å². The predicted octanol–water partition coefficient (Wildman–Crippen LogP) is 4.09. The third-order valence-electron chi connectivity index (χ3n) is 5.44. The van der Waals surface area contributed by atoms with Crippen molar-refractivity contribution >= 4 is 22.8 Å². The second-order valence-corrected chi connectivity index (χ2v) is 7.82. The summed E-state index contributed by atoms with van der Waals surface area (Å²) in [6.45, 7) is 4.37. The molecule has 0 aliphatic carbocycles. The average Bonchev–Trinajstić information content (AvgIpc) is 2.81. The molecule has 1 aromatic heterocycles. The number of benzene rings is 2. The highest BCUT2D eigenvalue weighted by atomic mass is 19.1. The van der Waals surface area contributed by atoms with Crippen molar-refractivity contribution in [3.05, 3.63) is 59.9 Å². The van der Waals surface area contributed by atoms with Crippen molar-refractivity contribution in [2.75, 3.05) is 24.6 Å². The van der Waals surface area contributed by atoms with Gasteiger partial charge in [0.25, 0.3) is 5.88 Å². The van der Waals surface area contributed by atoms with Crippen molar-refractivity contribution in [2.45, 2.75) is 32.7 Å². The fraction of sp³-hybridized carbons (Fsp3) is 0.375. The molecule has 1 saturated heterocycles. The number of para-hydroxylation sites is 2. The summed E-state index contributed by atoms with van der Waals surface area (Å²) < 4.78 is 19.0. The van der Waals surface area contributed by atoms with Crippen LogP contribution in [0.4, 0.5) is 10.2 Å². The van der Waals surface area contributed by atoms with Crippen LogP contribution in [0.5, 0.6) is 5.88 Å². The van der Waals surface area contributed by atoms with Gasteiger partial charge >= 0.3 is 0 Å². The first-order valence-electron chi connectivity index (χ1n) is 10.8. The van der Waals surface area contributed by atoms with Gasteiger partial charge in [-0.05, 0) is 49.1 Å². The smallest absolute Gasteiger partial charge is 0.258 e. The molecular weight excluding hydrogens is 395 g/mol. The third-order valence-corrected chi connectivity index (χ3v) is 5.44. The molecule has 3 aromatic rings. The quantitative estimate of drug-likeness (QED) is 0.621. The van der Waals surface area contributed by atoms with Crippen LogP contribution < -0.4 is 15.0 Å². The van der Waals surface area contributed by atoms with Crippen LogP contribution in [-0.4, -0.2) is 35.6 Å². The monoisotopic (exact) mass is 422 g/mol. The first-order chi connectivity index (χ1) is 15.1. The summed E-state index contributed by atoms with van der Waals surface area (Å²) in [6.07, 6.45) is 2.58. The molecule has 162 valence electrons. The van der Waals surface area contributed by atoms with E-state index in [4.69, 9.17) is 9.72 Å². The minimum absolute atomic E-state index is 0.00111. The third kappa shape index (κ3) is 5.10. The van der Waals surface area contributed by atoms with Gasteiger partial charge in [-0.1, -0.05) is 31.2 Å². The normalized spacial score (nSPS) is 16.3. The minimum atomic E-state index is -0.282. The Balaban J connectivity index is 1.48. The summed E-state index contributed by atoms with van der Waals surface area (Å²) in [6, 6.07) is 13.9. The number of carbonyl (C=O) groups is 1. The predicted molar refractivity (Wildman–Crippen MR) is 119 cm³/mol. The average molecular weight is 423 g/mol. The van der Waals surface area contributed by atoms with E-state index in [0.717, 1.165) is 42.4 Å². The topological polar surface area (TPSA) is 67.4 Å². The Bertz CT molecular complexity index is 1040. The largest absolute Gasteiger partial charge is 0.475 e. The first-order valence-corrected chi connectivity index (χ1v) is 10.8. The molecule has 4 rings (SSSR count). The van der Waals surface area contributed by atoms with Gasteiger partial charge in [0.2, 0.25) is 5.91 Å². The number of aromatic nitrogens is 2. The van der Waals surface area contributed by atoms with Crippen molar-refractivity contribution in [1.29, 1.82) is 0 Å². The Morgan fingerprint density at radius 3 is 2.65 bits per heavy atom. The summed E-state index contributed by atoms with van der Waals surface area (Å²) >= 11 is 0. The van der Waals surface area contributed by atoms with Gasteiger partial charge < -0.3 is 15.0 Å². The van der Waals surface area contributed by atoms with Gasteiger partial charge in [0.05, 0.1) is 23.6 Å². The number of fused-ring (bicyclic) bond motifs is 1. The van der Waals surface area contributed by atoms with E-state index in [1.165, 1.54) is 12.1 Å². The van der Waals surface area contributed by atoms with Crippen molar-refractivity contribution in [2.24, 2.45) is 5.92 Å². The van der Waals surface area contributed by atoms with E-state index in [2.05, 4.69) is 22.1 Å². The number of amides is 1. The molecule has 0 bridgehead atoms. The van der Waals surface area contributed by atoms with Gasteiger partial charge in [-0.15, -0.1) is 0 Å². The minimum Gasteiger partial charge on any atom is -0.475 e. The van der Waals surface area contributed by atoms with E-state index < -0.39 is 0 Å². The number of hydrogen-bond acceptors (Lipinski definition) is 5. The molecule has 31 heavy (non-hydrogen) atoms. The lowest BCUT2D eigenvalue weighted by Crippen LogP contribution is -2.43. The number of nitrogens with zero attached hydrogens (tertiary/aromatic N) is 3. The number of halogens is 1. The van der Waals surface area contributed by atoms with Crippen LogP contribution in [0.15, 0.2) is 48.5 Å². The lowest BCUT2D eigenvalue weighted by Gasteiger charge is -2.33. The van der Waals surface area contributed by atoms with E-state index >= 15 is 0 Å². The summed E-state index contributed by atoms with van der Waals surface area (Å²) in [5.74, 6) is 0.784. The molecule has 1 atom stereocenters. The molecular formula is C24H27FN4O2. The highest BCUT2D eigenvalue weighted by Crippen LogP contribution is 2.30. The molecule has 1 N–H and O–H groups in total. The van der Waals surface area contributed by atoms with E-state index in [0.29, 0.717) is 31.4 Å². The Labute approximate surface area is 181 Å². The SMILES string of the molecule is CCCOc1nc2ccccc2nc1N1CCC[C@H](C(=O)NCc2ccc(F)cc2)C1. The van der Waals surface area contributed by atoms with Crippen LogP contribution in [0.25, 0.3) is 11.0 Å². The second kappa shape index (κ2) is 9.73. The number of carbonyl (C=O) groups excluding carboxylic acids is 1. The van der Waals surface area contributed by atoms with E-state index in [-0.39, 0.29) is 17.6 Å². The summed E-state index contributed by atoms with van der Waals surface area (Å²) in [5, 5.41) is 2.98. The fourth-order valence-electron chi connectivity index (χ4n) is 3.80. The van der Waals surface area contributed by atoms with Crippen molar-refractivity contribution in [3.63, 3.8) is 0 Å². The lowest BCUT2D eigenvalue weighted by atomic mass is 9.97. The zero-order valence-corrected chi connectivity index (χ0v) is 17.7. The number of hydrogen-bond donors (Lipinski definition) is 1. The Morgan fingerprint density at radius 1 is 1.16 bits per heavy atom. The van der Waals surface area contributed by atoms with Crippen LogP contribution in [-0.2, 0) is 11.3 Å². The maximum atomic E-state index is 13.1. The van der Waals surface area contributed by atoms with Gasteiger partial charge in [-0.25, -0.2) is 14.4 Å². The molecule has 1 fully saturated rings. The molecule has 0 saturated carbocycles. The standard InChI is InChI=1S/C24H27FN4O2/c1-2-14-31-24-22(27-20-7-3-4-8-21(20)28-24)29-13-5-6-18(16-29)23(30)26-15-17-9-11-19(25)12-10-17/h3-4,7-12,18H,2,5-6,13-16H2,1H3,(H,26,30)/t18-/m0/s1. The van der Waals surface area contributed by atoms with Crippen molar-refractivity contribution in [1.82, 2.24) is 15.3 Å². The van der Waals surface area contributed by atoms with Gasteiger partial charge in [-0.3, -0.25) is 4.79 Å². The molecule has 1 amide bonds.